The molecule has 1 amide bonds. The van der Waals surface area contributed by atoms with Gasteiger partial charge in [0.15, 0.2) is 5.79 Å². The number of ether oxygens (including phenoxy) is 3. The largest absolute Gasteiger partial charge is 0.444 e. The average molecular weight is 441 g/mol. The first kappa shape index (κ1) is 23.2. The maximum atomic E-state index is 13.3. The number of benzene rings is 1. The summed E-state index contributed by atoms with van der Waals surface area (Å²) >= 11 is 0. The number of hydrogen-bond acceptors (Lipinski definition) is 6. The van der Waals surface area contributed by atoms with Crippen molar-refractivity contribution in [1.29, 1.82) is 5.26 Å². The molecule has 1 aliphatic heterocycles. The molecule has 2 aliphatic rings. The highest BCUT2D eigenvalue weighted by molar-refractivity contribution is 5.68. The summed E-state index contributed by atoms with van der Waals surface area (Å²) in [6.45, 7) is 6.11. The summed E-state index contributed by atoms with van der Waals surface area (Å²) in [6.07, 6.45) is -3.94. The Morgan fingerprint density at radius 2 is 1.90 bits per heavy atom. The minimum atomic E-state index is -4.65. The van der Waals surface area contributed by atoms with E-state index in [4.69, 9.17) is 19.5 Å². The molecule has 1 aliphatic carbocycles. The summed E-state index contributed by atoms with van der Waals surface area (Å²) in [6, 6.07) is 4.14. The van der Waals surface area contributed by atoms with E-state index in [9.17, 15) is 18.0 Å². The molecule has 170 valence electrons. The van der Waals surface area contributed by atoms with E-state index in [1.54, 1.807) is 26.8 Å². The Morgan fingerprint density at radius 1 is 1.23 bits per heavy atom. The average Bonchev–Trinajstić information content (AvgIpc) is 3.09. The lowest BCUT2D eigenvalue weighted by molar-refractivity contribution is -0.182. The molecule has 31 heavy (non-hydrogen) atoms. The summed E-state index contributed by atoms with van der Waals surface area (Å²) in [5.41, 5.74) is -1.95. The van der Waals surface area contributed by atoms with Gasteiger partial charge in [-0.05, 0) is 45.4 Å². The Hall–Kier alpha value is -2.51. The van der Waals surface area contributed by atoms with E-state index in [1.807, 2.05) is 0 Å². The van der Waals surface area contributed by atoms with E-state index in [1.165, 1.54) is 6.07 Å². The van der Waals surface area contributed by atoms with Crippen molar-refractivity contribution in [2.45, 2.75) is 69.7 Å². The van der Waals surface area contributed by atoms with Gasteiger partial charge >= 0.3 is 12.3 Å². The zero-order chi connectivity index (χ0) is 22.9. The van der Waals surface area contributed by atoms with Crippen molar-refractivity contribution in [3.63, 3.8) is 0 Å². The molecule has 1 aromatic carbocycles. The highest BCUT2D eigenvalue weighted by atomic mass is 19.4. The van der Waals surface area contributed by atoms with Crippen LogP contribution in [0.3, 0.4) is 0 Å². The number of rotatable bonds is 3. The number of alkyl halides is 3. The minimum absolute atomic E-state index is 0.205. The Bertz CT molecular complexity index is 855. The van der Waals surface area contributed by atoms with Crippen LogP contribution in [0.15, 0.2) is 18.2 Å². The first-order chi connectivity index (χ1) is 14.4. The maximum Gasteiger partial charge on any atom is 0.417 e. The van der Waals surface area contributed by atoms with E-state index in [0.29, 0.717) is 32.5 Å². The van der Waals surface area contributed by atoms with Gasteiger partial charge in [0.1, 0.15) is 5.60 Å². The molecule has 2 atom stereocenters. The van der Waals surface area contributed by atoms with Crippen LogP contribution in [0.1, 0.15) is 51.2 Å². The second-order valence-corrected chi connectivity index (χ2v) is 8.72. The van der Waals surface area contributed by atoms with Crippen molar-refractivity contribution in [2.24, 2.45) is 0 Å². The monoisotopic (exact) mass is 441 g/mol. The molecule has 10 heteroatoms. The number of nitrogens with one attached hydrogen (secondary N) is 2. The van der Waals surface area contributed by atoms with Crippen LogP contribution < -0.4 is 10.6 Å². The van der Waals surface area contributed by atoms with Crippen molar-refractivity contribution in [2.75, 3.05) is 18.5 Å². The number of alkyl carbamates (subject to hydrolysis) is 1. The first-order valence-electron chi connectivity index (χ1n) is 10.1. The minimum Gasteiger partial charge on any atom is -0.444 e. The number of nitriles is 1. The number of halogens is 3. The molecule has 0 aromatic heterocycles. The zero-order valence-corrected chi connectivity index (χ0v) is 17.6. The molecule has 2 unspecified atom stereocenters. The Labute approximate surface area is 178 Å². The van der Waals surface area contributed by atoms with Gasteiger partial charge in [-0.15, -0.1) is 0 Å². The number of nitrogens with zero attached hydrogens (tertiary/aromatic N) is 1. The number of hydrogen-bond donors (Lipinski definition) is 2. The predicted octanol–water partition coefficient (Wildman–Crippen LogP) is 4.18. The summed E-state index contributed by atoms with van der Waals surface area (Å²) < 4.78 is 56.8. The van der Waals surface area contributed by atoms with E-state index in [0.717, 1.165) is 12.1 Å². The van der Waals surface area contributed by atoms with E-state index in [-0.39, 0.29) is 11.7 Å². The highest BCUT2D eigenvalue weighted by Crippen LogP contribution is 2.38. The van der Waals surface area contributed by atoms with E-state index in [2.05, 4.69) is 10.6 Å². The first-order valence-corrected chi connectivity index (χ1v) is 10.1. The SMILES string of the molecule is CC(C)(C)OC(=O)NC1CC2(CCC1Nc1ccc(C#N)c(C(F)(F)F)c1)OCCO2. The topological polar surface area (TPSA) is 92.6 Å². The smallest absolute Gasteiger partial charge is 0.417 e. The summed E-state index contributed by atoms with van der Waals surface area (Å²) in [7, 11) is 0. The second kappa shape index (κ2) is 8.55. The van der Waals surface area contributed by atoms with Crippen molar-refractivity contribution in [3.8, 4) is 6.07 Å². The van der Waals surface area contributed by atoms with Crippen LogP contribution in [0.25, 0.3) is 0 Å². The van der Waals surface area contributed by atoms with Gasteiger partial charge in [0.05, 0.1) is 36.5 Å². The Kier molecular flexibility index (Phi) is 6.39. The van der Waals surface area contributed by atoms with Crippen molar-refractivity contribution >= 4 is 11.8 Å². The fourth-order valence-electron chi connectivity index (χ4n) is 3.88. The quantitative estimate of drug-likeness (QED) is 0.731. The standard InChI is InChI=1S/C21H26F3N3O4/c1-19(2,3)31-18(28)27-17-11-20(29-8-9-30-20)7-6-16(17)26-14-5-4-13(12-25)15(10-14)21(22,23)24/h4-5,10,16-17,26H,6-9,11H2,1-3H3,(H,27,28). The van der Waals surface area contributed by atoms with Gasteiger partial charge in [-0.2, -0.15) is 18.4 Å². The third-order valence-corrected chi connectivity index (χ3v) is 5.17. The molecule has 0 radical (unpaired) electrons. The third-order valence-electron chi connectivity index (χ3n) is 5.17. The van der Waals surface area contributed by atoms with Crippen LogP contribution in [-0.2, 0) is 20.4 Å². The van der Waals surface area contributed by atoms with Gasteiger partial charge in [-0.3, -0.25) is 0 Å². The molecule has 2 N–H and O–H groups in total. The molecule has 7 nitrogen and oxygen atoms in total. The molecule has 1 saturated carbocycles. The molecule has 1 saturated heterocycles. The van der Waals surface area contributed by atoms with Gasteiger partial charge in [0, 0.05) is 24.6 Å². The lowest BCUT2D eigenvalue weighted by Crippen LogP contribution is -2.56. The number of carbonyl (C=O) groups excluding carboxylic acids is 1. The van der Waals surface area contributed by atoms with E-state index < -0.39 is 40.8 Å². The lowest BCUT2D eigenvalue weighted by atomic mass is 9.85. The molecular weight excluding hydrogens is 415 g/mol. The van der Waals surface area contributed by atoms with Crippen LogP contribution in [-0.4, -0.2) is 42.8 Å². The number of amides is 1. The van der Waals surface area contributed by atoms with Gasteiger partial charge in [-0.1, -0.05) is 0 Å². The molecule has 1 spiro atoms. The number of anilines is 1. The van der Waals surface area contributed by atoms with E-state index >= 15 is 0 Å². The molecule has 1 heterocycles. The van der Waals surface area contributed by atoms with Gasteiger partial charge in [0.25, 0.3) is 0 Å². The third kappa shape index (κ3) is 5.80. The van der Waals surface area contributed by atoms with Crippen molar-refractivity contribution in [1.82, 2.24) is 5.32 Å². The molecule has 3 rings (SSSR count). The normalized spacial score (nSPS) is 23.3. The van der Waals surface area contributed by atoms with Gasteiger partial charge < -0.3 is 24.8 Å². The Morgan fingerprint density at radius 3 is 2.48 bits per heavy atom. The van der Waals surface area contributed by atoms with Crippen molar-refractivity contribution in [3.05, 3.63) is 29.3 Å². The molecule has 2 fully saturated rings. The lowest BCUT2D eigenvalue weighted by Gasteiger charge is -2.42. The maximum absolute atomic E-state index is 13.3. The number of carbonyl (C=O) groups is 1. The fraction of sp³-hybridized carbons (Fsp3) is 0.619. The summed E-state index contributed by atoms with van der Waals surface area (Å²) in [4.78, 5) is 12.4. The molecule has 1 aromatic rings. The summed E-state index contributed by atoms with van der Waals surface area (Å²) in [5.74, 6) is -0.820. The van der Waals surface area contributed by atoms with Gasteiger partial charge in [-0.25, -0.2) is 4.79 Å². The molecular formula is C21H26F3N3O4. The predicted molar refractivity (Wildman–Crippen MR) is 105 cm³/mol. The van der Waals surface area contributed by atoms with Gasteiger partial charge in [0.2, 0.25) is 0 Å². The second-order valence-electron chi connectivity index (χ2n) is 8.72. The van der Waals surface area contributed by atoms with Crippen LogP contribution >= 0.6 is 0 Å². The molecule has 0 bridgehead atoms. The highest BCUT2D eigenvalue weighted by Gasteiger charge is 2.46. The van der Waals surface area contributed by atoms with Crippen LogP contribution in [0.2, 0.25) is 0 Å². The van der Waals surface area contributed by atoms with Crippen molar-refractivity contribution < 1.29 is 32.2 Å². The summed E-state index contributed by atoms with van der Waals surface area (Å²) in [5, 5.41) is 14.9. The Balaban J connectivity index is 1.81. The van der Waals surface area contributed by atoms with Crippen LogP contribution in [0.5, 0.6) is 0 Å². The van der Waals surface area contributed by atoms with Crippen LogP contribution in [0.4, 0.5) is 23.7 Å². The van der Waals surface area contributed by atoms with Crippen LogP contribution in [0, 0.1) is 11.3 Å². The zero-order valence-electron chi connectivity index (χ0n) is 17.6. The fourth-order valence-corrected chi connectivity index (χ4v) is 3.88.